The number of hydrogen-bond donors (Lipinski definition) is 2. The molecule has 8 heteroatoms. The Kier molecular flexibility index (Phi) is 5.27. The van der Waals surface area contributed by atoms with Gasteiger partial charge in [-0.15, -0.1) is 0 Å². The van der Waals surface area contributed by atoms with E-state index in [2.05, 4.69) is 20.6 Å². The second-order valence-electron chi connectivity index (χ2n) is 5.92. The van der Waals surface area contributed by atoms with E-state index < -0.39 is 0 Å². The van der Waals surface area contributed by atoms with Gasteiger partial charge in [-0.25, -0.2) is 14.8 Å². The lowest BCUT2D eigenvalue weighted by Crippen LogP contribution is -2.40. The Bertz CT molecular complexity index is 757. The highest BCUT2D eigenvalue weighted by molar-refractivity contribution is 5.78. The fourth-order valence-corrected chi connectivity index (χ4v) is 2.87. The third-order valence-electron chi connectivity index (χ3n) is 4.20. The minimum absolute atomic E-state index is 0.165. The van der Waals surface area contributed by atoms with Gasteiger partial charge >= 0.3 is 6.03 Å². The number of hydrogen-bond acceptors (Lipinski definition) is 4. The van der Waals surface area contributed by atoms with Crippen molar-refractivity contribution in [1.82, 2.24) is 30.1 Å². The molecule has 3 heterocycles. The Morgan fingerprint density at radius 2 is 2.16 bits per heavy atom. The smallest absolute Gasteiger partial charge is 0.315 e. The van der Waals surface area contributed by atoms with Crippen LogP contribution in [0.15, 0.2) is 30.7 Å². The van der Waals surface area contributed by atoms with Gasteiger partial charge in [-0.2, -0.15) is 0 Å². The molecular formula is C17H22N6O2. The topological polar surface area (TPSA) is 92.2 Å². The molecule has 0 unspecified atom stereocenters. The highest BCUT2D eigenvalue weighted by Crippen LogP contribution is 2.13. The Morgan fingerprint density at radius 1 is 1.28 bits per heavy atom. The molecule has 0 aromatic carbocycles. The number of imidazole rings is 1. The standard InChI is InChI=1S/C17H22N6O2/c1-13-18-8-11-23(13)16-14(4-2-6-19-16)12-21-17(25)20-7-10-22-9-3-5-15(22)24/h2,4,6,8,11H,3,5,7,9-10,12H2,1H3,(H2,20,21,25). The first-order chi connectivity index (χ1) is 12.1. The third kappa shape index (κ3) is 4.14. The number of carbonyl (C=O) groups is 2. The zero-order valence-electron chi connectivity index (χ0n) is 14.2. The van der Waals surface area contributed by atoms with E-state index in [9.17, 15) is 9.59 Å². The molecule has 25 heavy (non-hydrogen) atoms. The molecule has 2 N–H and O–H groups in total. The molecule has 0 saturated carbocycles. The molecule has 1 fully saturated rings. The van der Waals surface area contributed by atoms with Crippen LogP contribution in [0.3, 0.4) is 0 Å². The lowest BCUT2D eigenvalue weighted by Gasteiger charge is -2.16. The molecule has 132 valence electrons. The predicted octanol–water partition coefficient (Wildman–Crippen LogP) is 0.997. The Hall–Kier alpha value is -2.90. The van der Waals surface area contributed by atoms with Crippen molar-refractivity contribution in [3.05, 3.63) is 42.1 Å². The van der Waals surface area contributed by atoms with Gasteiger partial charge in [-0.05, 0) is 19.4 Å². The van der Waals surface area contributed by atoms with Gasteiger partial charge in [0.2, 0.25) is 5.91 Å². The molecule has 8 nitrogen and oxygen atoms in total. The van der Waals surface area contributed by atoms with Crippen LogP contribution in [0.5, 0.6) is 0 Å². The van der Waals surface area contributed by atoms with Crippen LogP contribution in [0.2, 0.25) is 0 Å². The second-order valence-corrected chi connectivity index (χ2v) is 5.92. The number of nitrogens with one attached hydrogen (secondary N) is 2. The van der Waals surface area contributed by atoms with Crippen LogP contribution in [0, 0.1) is 6.92 Å². The van der Waals surface area contributed by atoms with E-state index in [0.29, 0.717) is 26.1 Å². The van der Waals surface area contributed by atoms with Gasteiger partial charge in [-0.3, -0.25) is 9.36 Å². The van der Waals surface area contributed by atoms with Crippen molar-refractivity contribution in [2.75, 3.05) is 19.6 Å². The minimum atomic E-state index is -0.260. The van der Waals surface area contributed by atoms with E-state index in [1.807, 2.05) is 29.8 Å². The van der Waals surface area contributed by atoms with E-state index in [4.69, 9.17) is 0 Å². The monoisotopic (exact) mass is 342 g/mol. The normalized spacial score (nSPS) is 14.0. The highest BCUT2D eigenvalue weighted by atomic mass is 16.2. The quantitative estimate of drug-likeness (QED) is 0.819. The Labute approximate surface area is 146 Å². The van der Waals surface area contributed by atoms with Crippen molar-refractivity contribution < 1.29 is 9.59 Å². The lowest BCUT2D eigenvalue weighted by atomic mass is 10.2. The predicted molar refractivity (Wildman–Crippen MR) is 92.1 cm³/mol. The van der Waals surface area contributed by atoms with Gasteiger partial charge < -0.3 is 15.5 Å². The first kappa shape index (κ1) is 16.9. The van der Waals surface area contributed by atoms with Crippen molar-refractivity contribution in [3.8, 4) is 5.82 Å². The summed E-state index contributed by atoms with van der Waals surface area (Å²) >= 11 is 0. The molecule has 0 spiro atoms. The molecule has 3 rings (SSSR count). The van der Waals surface area contributed by atoms with Crippen molar-refractivity contribution >= 4 is 11.9 Å². The summed E-state index contributed by atoms with van der Waals surface area (Å²) in [5, 5.41) is 5.61. The van der Waals surface area contributed by atoms with Gasteiger partial charge in [0.1, 0.15) is 11.6 Å². The average molecular weight is 342 g/mol. The van der Waals surface area contributed by atoms with Gasteiger partial charge in [-0.1, -0.05) is 6.07 Å². The highest BCUT2D eigenvalue weighted by Gasteiger charge is 2.19. The number of urea groups is 1. The number of nitrogens with zero attached hydrogens (tertiary/aromatic N) is 4. The summed E-state index contributed by atoms with van der Waals surface area (Å²) < 4.78 is 1.88. The molecular weight excluding hydrogens is 320 g/mol. The summed E-state index contributed by atoms with van der Waals surface area (Å²) in [4.78, 5) is 33.9. The van der Waals surface area contributed by atoms with E-state index >= 15 is 0 Å². The summed E-state index contributed by atoms with van der Waals surface area (Å²) in [7, 11) is 0. The number of carbonyl (C=O) groups excluding carboxylic acids is 2. The van der Waals surface area contributed by atoms with Crippen LogP contribution in [-0.4, -0.2) is 51.0 Å². The van der Waals surface area contributed by atoms with Crippen LogP contribution in [0.25, 0.3) is 5.82 Å². The summed E-state index contributed by atoms with van der Waals surface area (Å²) in [5.74, 6) is 1.75. The van der Waals surface area contributed by atoms with E-state index in [-0.39, 0.29) is 11.9 Å². The van der Waals surface area contributed by atoms with Crippen molar-refractivity contribution in [3.63, 3.8) is 0 Å². The van der Waals surface area contributed by atoms with Crippen LogP contribution < -0.4 is 10.6 Å². The maximum absolute atomic E-state index is 12.0. The van der Waals surface area contributed by atoms with Crippen LogP contribution >= 0.6 is 0 Å². The fourth-order valence-electron chi connectivity index (χ4n) is 2.87. The van der Waals surface area contributed by atoms with Crippen molar-refractivity contribution in [2.24, 2.45) is 0 Å². The number of aromatic nitrogens is 3. The maximum atomic E-state index is 12.0. The van der Waals surface area contributed by atoms with Gasteiger partial charge in [0, 0.05) is 56.8 Å². The first-order valence-electron chi connectivity index (χ1n) is 8.39. The van der Waals surface area contributed by atoms with Crippen LogP contribution in [-0.2, 0) is 11.3 Å². The zero-order chi connectivity index (χ0) is 17.6. The first-order valence-corrected chi connectivity index (χ1v) is 8.39. The summed E-state index contributed by atoms with van der Waals surface area (Å²) in [6.07, 6.45) is 6.79. The molecule has 1 aliphatic heterocycles. The molecule has 1 saturated heterocycles. The molecule has 1 aliphatic rings. The summed E-state index contributed by atoms with van der Waals surface area (Å²) in [6.45, 7) is 4.04. The summed E-state index contributed by atoms with van der Waals surface area (Å²) in [5.41, 5.74) is 0.897. The average Bonchev–Trinajstić information content (AvgIpc) is 3.22. The molecule has 0 atom stereocenters. The Morgan fingerprint density at radius 3 is 2.88 bits per heavy atom. The molecule has 0 radical (unpaired) electrons. The molecule has 3 amide bonds. The van der Waals surface area contributed by atoms with E-state index in [1.54, 1.807) is 17.3 Å². The van der Waals surface area contributed by atoms with Crippen LogP contribution in [0.4, 0.5) is 4.79 Å². The Balaban J connectivity index is 1.51. The van der Waals surface area contributed by atoms with Crippen molar-refractivity contribution in [2.45, 2.75) is 26.3 Å². The van der Waals surface area contributed by atoms with E-state index in [0.717, 1.165) is 30.2 Å². The van der Waals surface area contributed by atoms with Gasteiger partial charge in [0.25, 0.3) is 0 Å². The van der Waals surface area contributed by atoms with Gasteiger partial charge in [0.15, 0.2) is 0 Å². The maximum Gasteiger partial charge on any atom is 0.315 e. The lowest BCUT2D eigenvalue weighted by molar-refractivity contribution is -0.127. The summed E-state index contributed by atoms with van der Waals surface area (Å²) in [6, 6.07) is 3.50. The van der Waals surface area contributed by atoms with E-state index in [1.165, 1.54) is 0 Å². The third-order valence-corrected chi connectivity index (χ3v) is 4.20. The second kappa shape index (κ2) is 7.78. The zero-order valence-corrected chi connectivity index (χ0v) is 14.2. The van der Waals surface area contributed by atoms with Crippen molar-refractivity contribution in [1.29, 1.82) is 0 Å². The number of aryl methyl sites for hydroxylation is 1. The molecule has 0 bridgehead atoms. The van der Waals surface area contributed by atoms with Crippen LogP contribution in [0.1, 0.15) is 24.2 Å². The molecule has 0 aliphatic carbocycles. The number of pyridine rings is 1. The number of amides is 3. The number of likely N-dealkylation sites (tertiary alicyclic amines) is 1. The minimum Gasteiger partial charge on any atom is -0.341 e. The fraction of sp³-hybridized carbons (Fsp3) is 0.412. The SMILES string of the molecule is Cc1nccn1-c1ncccc1CNC(=O)NCCN1CCCC1=O. The van der Waals surface area contributed by atoms with Gasteiger partial charge in [0.05, 0.1) is 0 Å². The molecule has 2 aromatic rings. The molecule has 2 aromatic heterocycles. The number of rotatable bonds is 6. The largest absolute Gasteiger partial charge is 0.341 e.